The average molecular weight is 405 g/mol. The second kappa shape index (κ2) is 23.4. The number of imide groups is 1. The maximum absolute atomic E-state index is 12.3. The van der Waals surface area contributed by atoms with Gasteiger partial charge in [0, 0.05) is 19.4 Å². The molecule has 1 radical (unpaired) electrons. The molecule has 0 saturated carbocycles. The zero-order chi connectivity index (χ0) is 20.2. The summed E-state index contributed by atoms with van der Waals surface area (Å²) >= 11 is 0. The van der Waals surface area contributed by atoms with Crippen LogP contribution in [0.15, 0.2) is 0 Å². The van der Waals surface area contributed by atoms with Gasteiger partial charge in [-0.3, -0.25) is 14.5 Å². The predicted molar refractivity (Wildman–Crippen MR) is 124 cm³/mol. The van der Waals surface area contributed by atoms with Crippen LogP contribution in [0.2, 0.25) is 0 Å². The Labute approximate surface area is 198 Å². The molecule has 2 amide bonds. The van der Waals surface area contributed by atoms with Crippen molar-refractivity contribution in [3.05, 3.63) is 6.92 Å². The van der Waals surface area contributed by atoms with Crippen molar-refractivity contribution in [1.29, 1.82) is 0 Å². The first kappa shape index (κ1) is 30.3. The van der Waals surface area contributed by atoms with Crippen LogP contribution >= 0.6 is 0 Å². The van der Waals surface area contributed by atoms with Gasteiger partial charge in [-0.2, -0.15) is 0 Å². The zero-order valence-electron chi connectivity index (χ0n) is 18.4. The fourth-order valence-electron chi connectivity index (χ4n) is 3.48. The molecular formula is C24H47NNaO2. The number of nitrogens with zero attached hydrogens (tertiary/aromatic N) is 1. The summed E-state index contributed by atoms with van der Waals surface area (Å²) < 4.78 is 0. The number of hydrogen-bond acceptors (Lipinski definition) is 2. The fourth-order valence-corrected chi connectivity index (χ4v) is 3.48. The van der Waals surface area contributed by atoms with Gasteiger partial charge in [0.1, 0.15) is 0 Å². The first-order valence-corrected chi connectivity index (χ1v) is 11.8. The SMILES string of the molecule is [CH2]CN(C(=O)CCCCCCCCCC)C(=O)CCCCCCCCCC.[NaH]. The van der Waals surface area contributed by atoms with E-state index in [1.807, 2.05) is 0 Å². The Bertz CT molecular complexity index is 329. The van der Waals surface area contributed by atoms with Gasteiger partial charge in [-0.15, -0.1) is 0 Å². The summed E-state index contributed by atoms with van der Waals surface area (Å²) in [7, 11) is 0. The van der Waals surface area contributed by atoms with Crippen molar-refractivity contribution in [3.63, 3.8) is 0 Å². The number of rotatable bonds is 19. The van der Waals surface area contributed by atoms with Crippen molar-refractivity contribution in [2.45, 2.75) is 129 Å². The number of carbonyl (C=O) groups excluding carboxylic acids is 2. The molecule has 3 nitrogen and oxygen atoms in total. The molecule has 0 saturated heterocycles. The van der Waals surface area contributed by atoms with E-state index in [2.05, 4.69) is 20.8 Å². The van der Waals surface area contributed by atoms with E-state index in [4.69, 9.17) is 0 Å². The van der Waals surface area contributed by atoms with E-state index in [1.54, 1.807) is 0 Å². The molecule has 0 heterocycles. The van der Waals surface area contributed by atoms with Crippen molar-refractivity contribution in [3.8, 4) is 0 Å². The van der Waals surface area contributed by atoms with Crippen LogP contribution in [0, 0.1) is 6.92 Å². The minimum absolute atomic E-state index is 0. The Hall–Kier alpha value is 0.140. The third-order valence-electron chi connectivity index (χ3n) is 5.31. The Morgan fingerprint density at radius 3 is 1.14 bits per heavy atom. The zero-order valence-corrected chi connectivity index (χ0v) is 18.4. The van der Waals surface area contributed by atoms with Gasteiger partial charge in [0.15, 0.2) is 0 Å². The molecule has 0 spiro atoms. The summed E-state index contributed by atoms with van der Waals surface area (Å²) in [6, 6.07) is 0. The average Bonchev–Trinajstić information content (AvgIpc) is 2.66. The maximum atomic E-state index is 12.3. The number of amides is 2. The van der Waals surface area contributed by atoms with E-state index in [9.17, 15) is 9.59 Å². The van der Waals surface area contributed by atoms with Crippen molar-refractivity contribution in [2.24, 2.45) is 0 Å². The van der Waals surface area contributed by atoms with Crippen LogP contribution in [0.25, 0.3) is 0 Å². The summed E-state index contributed by atoms with van der Waals surface area (Å²) in [5.41, 5.74) is 0. The molecule has 4 heteroatoms. The van der Waals surface area contributed by atoms with Gasteiger partial charge in [0.2, 0.25) is 11.8 Å². The van der Waals surface area contributed by atoms with E-state index in [0.29, 0.717) is 12.8 Å². The van der Waals surface area contributed by atoms with Gasteiger partial charge in [-0.25, -0.2) is 0 Å². The topological polar surface area (TPSA) is 37.4 Å². The normalized spacial score (nSPS) is 10.5. The molecule has 28 heavy (non-hydrogen) atoms. The van der Waals surface area contributed by atoms with Crippen LogP contribution < -0.4 is 0 Å². The Kier molecular flexibility index (Phi) is 25.4. The van der Waals surface area contributed by atoms with Gasteiger partial charge in [0.05, 0.1) is 0 Å². The molecular weight excluding hydrogens is 357 g/mol. The van der Waals surface area contributed by atoms with Crippen molar-refractivity contribution >= 4 is 41.4 Å². The van der Waals surface area contributed by atoms with Crippen molar-refractivity contribution < 1.29 is 9.59 Å². The number of hydrogen-bond donors (Lipinski definition) is 0. The number of carbonyl (C=O) groups is 2. The molecule has 0 aliphatic carbocycles. The molecule has 161 valence electrons. The van der Waals surface area contributed by atoms with Crippen molar-refractivity contribution in [2.75, 3.05) is 6.54 Å². The Morgan fingerprint density at radius 1 is 0.571 bits per heavy atom. The van der Waals surface area contributed by atoms with Crippen molar-refractivity contribution in [1.82, 2.24) is 4.90 Å². The van der Waals surface area contributed by atoms with Crippen LogP contribution in [-0.2, 0) is 9.59 Å². The standard InChI is InChI=1S/C24H46NO2.Na.H/c1-4-7-9-11-13-15-17-19-21-23(26)25(6-3)24(27)22-20-18-16-14-12-10-8-5-2;;/h3-22H2,1-2H3;;. The van der Waals surface area contributed by atoms with Crippen LogP contribution in [0.3, 0.4) is 0 Å². The van der Waals surface area contributed by atoms with E-state index in [-0.39, 0.29) is 47.9 Å². The second-order valence-corrected chi connectivity index (χ2v) is 7.89. The molecule has 0 atom stereocenters. The Balaban J connectivity index is 0. The monoisotopic (exact) mass is 404 g/mol. The number of unbranched alkanes of at least 4 members (excludes halogenated alkanes) is 14. The molecule has 0 bridgehead atoms. The third-order valence-corrected chi connectivity index (χ3v) is 5.31. The summed E-state index contributed by atoms with van der Waals surface area (Å²) in [5, 5.41) is 0. The molecule has 0 fully saturated rings. The van der Waals surface area contributed by atoms with Gasteiger partial charge in [0.25, 0.3) is 0 Å². The molecule has 0 aromatic rings. The van der Waals surface area contributed by atoms with E-state index < -0.39 is 0 Å². The molecule has 0 unspecified atom stereocenters. The first-order chi connectivity index (χ1) is 13.2. The summed E-state index contributed by atoms with van der Waals surface area (Å²) in [4.78, 5) is 26.0. The van der Waals surface area contributed by atoms with E-state index in [0.717, 1.165) is 25.7 Å². The summed E-state index contributed by atoms with van der Waals surface area (Å²) in [5.74, 6) is -0.0545. The minimum atomic E-state index is -0.0273. The van der Waals surface area contributed by atoms with Gasteiger partial charge >= 0.3 is 29.6 Å². The second-order valence-electron chi connectivity index (χ2n) is 7.89. The molecule has 0 rings (SSSR count). The first-order valence-electron chi connectivity index (χ1n) is 11.8. The quantitative estimate of drug-likeness (QED) is 0.180. The van der Waals surface area contributed by atoms with Crippen LogP contribution in [-0.4, -0.2) is 52.8 Å². The van der Waals surface area contributed by atoms with E-state index >= 15 is 0 Å². The molecule has 0 N–H and O–H groups in total. The molecule has 0 aromatic heterocycles. The molecule has 0 aliphatic heterocycles. The van der Waals surface area contributed by atoms with Gasteiger partial charge < -0.3 is 0 Å². The predicted octanol–water partition coefficient (Wildman–Crippen LogP) is 6.59. The summed E-state index contributed by atoms with van der Waals surface area (Å²) in [6.07, 6.45) is 20.4. The Morgan fingerprint density at radius 2 is 0.857 bits per heavy atom. The van der Waals surface area contributed by atoms with Gasteiger partial charge in [-0.05, 0) is 19.8 Å². The molecule has 0 aromatic carbocycles. The van der Waals surface area contributed by atoms with Crippen LogP contribution in [0.1, 0.15) is 129 Å². The van der Waals surface area contributed by atoms with Crippen LogP contribution in [0.5, 0.6) is 0 Å². The fraction of sp³-hybridized carbons (Fsp3) is 0.875. The van der Waals surface area contributed by atoms with Crippen LogP contribution in [0.4, 0.5) is 0 Å². The third kappa shape index (κ3) is 18.2. The summed E-state index contributed by atoms with van der Waals surface area (Å²) in [6.45, 7) is 8.52. The molecule has 0 aliphatic rings. The van der Waals surface area contributed by atoms with Gasteiger partial charge in [-0.1, -0.05) is 104 Å². The van der Waals surface area contributed by atoms with E-state index in [1.165, 1.54) is 81.9 Å².